The molecule has 0 bridgehead atoms. The molecule has 1 N–H and O–H groups in total. The third-order valence-corrected chi connectivity index (χ3v) is 4.07. The topological polar surface area (TPSA) is 51.0 Å². The Morgan fingerprint density at radius 1 is 1.24 bits per heavy atom. The van der Waals surface area contributed by atoms with E-state index in [9.17, 15) is 0 Å². The molecule has 1 aliphatic rings. The standard InChI is InChI=1S/C17H23N3O/c1-12(2)18-10-9-16-19-20-17(21-16)15-8-7-13-5-3-4-6-14(13)11-15/h3-6,12,15,18H,7-11H2,1-2H3. The van der Waals surface area contributed by atoms with Crippen molar-refractivity contribution in [1.29, 1.82) is 0 Å². The van der Waals surface area contributed by atoms with Gasteiger partial charge in [0.1, 0.15) is 0 Å². The average Bonchev–Trinajstić information content (AvgIpc) is 2.95. The minimum Gasteiger partial charge on any atom is -0.425 e. The molecule has 0 radical (unpaired) electrons. The Balaban J connectivity index is 1.62. The third kappa shape index (κ3) is 3.50. The van der Waals surface area contributed by atoms with Gasteiger partial charge in [-0.1, -0.05) is 38.1 Å². The highest BCUT2D eigenvalue weighted by molar-refractivity contribution is 5.31. The summed E-state index contributed by atoms with van der Waals surface area (Å²) in [5, 5.41) is 11.8. The van der Waals surface area contributed by atoms with Gasteiger partial charge in [-0.05, 0) is 30.4 Å². The molecule has 0 aliphatic heterocycles. The molecule has 4 nitrogen and oxygen atoms in total. The summed E-state index contributed by atoms with van der Waals surface area (Å²) in [6, 6.07) is 9.15. The zero-order valence-electron chi connectivity index (χ0n) is 12.8. The average molecular weight is 285 g/mol. The lowest BCUT2D eigenvalue weighted by Crippen LogP contribution is -2.25. The number of hydrogen-bond acceptors (Lipinski definition) is 4. The number of fused-ring (bicyclic) bond motifs is 1. The molecule has 0 saturated carbocycles. The summed E-state index contributed by atoms with van der Waals surface area (Å²) in [6.45, 7) is 5.16. The lowest BCUT2D eigenvalue weighted by molar-refractivity contribution is 0.391. The summed E-state index contributed by atoms with van der Waals surface area (Å²) >= 11 is 0. The number of nitrogens with one attached hydrogen (secondary N) is 1. The summed E-state index contributed by atoms with van der Waals surface area (Å²) in [6.07, 6.45) is 4.02. The fourth-order valence-electron chi connectivity index (χ4n) is 2.91. The van der Waals surface area contributed by atoms with Crippen LogP contribution >= 0.6 is 0 Å². The molecule has 1 aromatic carbocycles. The Morgan fingerprint density at radius 3 is 2.86 bits per heavy atom. The molecule has 0 fully saturated rings. The number of aryl methyl sites for hydroxylation is 1. The van der Waals surface area contributed by atoms with Crippen LogP contribution in [0, 0.1) is 0 Å². The van der Waals surface area contributed by atoms with Crippen molar-refractivity contribution in [3.8, 4) is 0 Å². The van der Waals surface area contributed by atoms with Crippen molar-refractivity contribution < 1.29 is 4.42 Å². The van der Waals surface area contributed by atoms with Crippen LogP contribution in [-0.4, -0.2) is 22.8 Å². The summed E-state index contributed by atoms with van der Waals surface area (Å²) in [5.74, 6) is 1.93. The second kappa shape index (κ2) is 6.39. The van der Waals surface area contributed by atoms with E-state index in [1.807, 2.05) is 0 Å². The van der Waals surface area contributed by atoms with E-state index >= 15 is 0 Å². The molecular weight excluding hydrogens is 262 g/mol. The van der Waals surface area contributed by atoms with Crippen LogP contribution in [0.25, 0.3) is 0 Å². The summed E-state index contributed by atoms with van der Waals surface area (Å²) < 4.78 is 5.86. The van der Waals surface area contributed by atoms with Crippen molar-refractivity contribution in [1.82, 2.24) is 15.5 Å². The van der Waals surface area contributed by atoms with E-state index in [1.165, 1.54) is 11.1 Å². The fourth-order valence-corrected chi connectivity index (χ4v) is 2.91. The minimum atomic E-state index is 0.374. The molecule has 1 heterocycles. The van der Waals surface area contributed by atoms with E-state index in [-0.39, 0.29) is 0 Å². The van der Waals surface area contributed by atoms with Crippen molar-refractivity contribution in [3.05, 3.63) is 47.2 Å². The highest BCUT2D eigenvalue weighted by Crippen LogP contribution is 2.31. The molecule has 0 amide bonds. The van der Waals surface area contributed by atoms with Gasteiger partial charge < -0.3 is 9.73 Å². The van der Waals surface area contributed by atoms with E-state index in [0.717, 1.165) is 44.0 Å². The number of benzene rings is 1. The van der Waals surface area contributed by atoms with Crippen LogP contribution in [0.2, 0.25) is 0 Å². The highest BCUT2D eigenvalue weighted by Gasteiger charge is 2.24. The molecule has 1 unspecified atom stereocenters. The zero-order chi connectivity index (χ0) is 14.7. The molecule has 3 rings (SSSR count). The van der Waals surface area contributed by atoms with E-state index in [0.29, 0.717) is 12.0 Å². The van der Waals surface area contributed by atoms with Gasteiger partial charge in [0.15, 0.2) is 0 Å². The van der Waals surface area contributed by atoms with Gasteiger partial charge in [0, 0.05) is 24.9 Å². The maximum atomic E-state index is 5.86. The Hall–Kier alpha value is -1.68. The van der Waals surface area contributed by atoms with E-state index < -0.39 is 0 Å². The maximum Gasteiger partial charge on any atom is 0.219 e. The van der Waals surface area contributed by atoms with E-state index in [4.69, 9.17) is 4.42 Å². The van der Waals surface area contributed by atoms with Gasteiger partial charge in [-0.25, -0.2) is 0 Å². The quantitative estimate of drug-likeness (QED) is 0.917. The van der Waals surface area contributed by atoms with Crippen molar-refractivity contribution in [3.63, 3.8) is 0 Å². The van der Waals surface area contributed by atoms with Crippen molar-refractivity contribution in [2.45, 2.75) is 51.5 Å². The first-order chi connectivity index (χ1) is 10.2. The number of rotatable bonds is 5. The van der Waals surface area contributed by atoms with Crippen molar-refractivity contribution >= 4 is 0 Å². The molecule has 0 saturated heterocycles. The van der Waals surface area contributed by atoms with E-state index in [1.54, 1.807) is 0 Å². The van der Waals surface area contributed by atoms with Crippen LogP contribution in [-0.2, 0) is 19.3 Å². The third-order valence-electron chi connectivity index (χ3n) is 4.07. The fraction of sp³-hybridized carbons (Fsp3) is 0.529. The van der Waals surface area contributed by atoms with Gasteiger partial charge in [-0.15, -0.1) is 10.2 Å². The van der Waals surface area contributed by atoms with Gasteiger partial charge in [0.05, 0.1) is 0 Å². The molecule has 112 valence electrons. The Morgan fingerprint density at radius 2 is 2.05 bits per heavy atom. The van der Waals surface area contributed by atoms with Crippen LogP contribution in [0.15, 0.2) is 28.7 Å². The van der Waals surface area contributed by atoms with Gasteiger partial charge >= 0.3 is 0 Å². The predicted octanol–water partition coefficient (Wildman–Crippen LogP) is 2.88. The second-order valence-electron chi connectivity index (χ2n) is 6.10. The van der Waals surface area contributed by atoms with Crippen LogP contribution in [0.5, 0.6) is 0 Å². The van der Waals surface area contributed by atoms with Crippen molar-refractivity contribution in [2.24, 2.45) is 0 Å². The SMILES string of the molecule is CC(C)NCCc1nnc(C2CCc3ccccc3C2)o1. The van der Waals surface area contributed by atoms with Crippen LogP contribution in [0.3, 0.4) is 0 Å². The summed E-state index contributed by atoms with van der Waals surface area (Å²) in [5.41, 5.74) is 2.89. The van der Waals surface area contributed by atoms with Gasteiger partial charge in [-0.2, -0.15) is 0 Å². The molecule has 21 heavy (non-hydrogen) atoms. The van der Waals surface area contributed by atoms with E-state index in [2.05, 4.69) is 53.6 Å². The first kappa shape index (κ1) is 14.3. The number of aromatic nitrogens is 2. The Bertz CT molecular complexity index is 591. The monoisotopic (exact) mass is 285 g/mol. The smallest absolute Gasteiger partial charge is 0.219 e. The lowest BCUT2D eigenvalue weighted by atomic mass is 9.84. The van der Waals surface area contributed by atoms with Crippen LogP contribution in [0.4, 0.5) is 0 Å². The number of nitrogens with zero attached hydrogens (tertiary/aromatic N) is 2. The van der Waals surface area contributed by atoms with Gasteiger partial charge in [0.2, 0.25) is 11.8 Å². The molecule has 4 heteroatoms. The zero-order valence-corrected chi connectivity index (χ0v) is 12.8. The first-order valence-corrected chi connectivity index (χ1v) is 7.85. The Labute approximate surface area is 126 Å². The summed E-state index contributed by atoms with van der Waals surface area (Å²) in [7, 11) is 0. The summed E-state index contributed by atoms with van der Waals surface area (Å²) in [4.78, 5) is 0. The minimum absolute atomic E-state index is 0.374. The molecular formula is C17H23N3O. The molecule has 1 aromatic heterocycles. The second-order valence-corrected chi connectivity index (χ2v) is 6.10. The molecule has 1 atom stereocenters. The predicted molar refractivity (Wildman–Crippen MR) is 82.3 cm³/mol. The van der Waals surface area contributed by atoms with Crippen LogP contribution < -0.4 is 5.32 Å². The first-order valence-electron chi connectivity index (χ1n) is 7.85. The van der Waals surface area contributed by atoms with Crippen molar-refractivity contribution in [2.75, 3.05) is 6.54 Å². The molecule has 2 aromatic rings. The molecule has 0 spiro atoms. The number of hydrogen-bond donors (Lipinski definition) is 1. The van der Waals surface area contributed by atoms with Crippen LogP contribution in [0.1, 0.15) is 49.1 Å². The van der Waals surface area contributed by atoms with Gasteiger partial charge in [-0.3, -0.25) is 0 Å². The Kier molecular flexibility index (Phi) is 4.34. The normalized spacial score (nSPS) is 18.0. The highest BCUT2D eigenvalue weighted by atomic mass is 16.4. The molecule has 1 aliphatic carbocycles. The largest absolute Gasteiger partial charge is 0.425 e. The van der Waals surface area contributed by atoms with Gasteiger partial charge in [0.25, 0.3) is 0 Å². The maximum absolute atomic E-state index is 5.86. The lowest BCUT2D eigenvalue weighted by Gasteiger charge is -2.21.